The van der Waals surface area contributed by atoms with Gasteiger partial charge in [0.2, 0.25) is 12.7 Å². The Labute approximate surface area is 146 Å². The molecule has 1 unspecified atom stereocenters. The molecule has 4 rings (SSSR count). The molecule has 0 aliphatic carbocycles. The van der Waals surface area contributed by atoms with Crippen LogP contribution >= 0.6 is 11.8 Å². The molecule has 25 heavy (non-hydrogen) atoms. The standard InChI is InChI=1S/C15H13N5O4S/c21-12(16-4-8-1-2-10-11(3-8)24-7-23-10)6-25-15-18-13-9(5-17-20-13)14(22)19-15/h1-3,5,13H,4,6-7H2,(H,16,21)(H,18,19,22). The van der Waals surface area contributed by atoms with Crippen LogP contribution in [0.2, 0.25) is 0 Å². The highest BCUT2D eigenvalue weighted by molar-refractivity contribution is 8.14. The first-order valence-electron chi connectivity index (χ1n) is 7.46. The first-order chi connectivity index (χ1) is 12.2. The lowest BCUT2D eigenvalue weighted by molar-refractivity contribution is -0.119. The average Bonchev–Trinajstić information content (AvgIpc) is 3.26. The van der Waals surface area contributed by atoms with Crippen molar-refractivity contribution in [2.24, 2.45) is 15.2 Å². The Morgan fingerprint density at radius 3 is 3.16 bits per heavy atom. The van der Waals surface area contributed by atoms with E-state index in [1.807, 2.05) is 18.2 Å². The van der Waals surface area contributed by atoms with Crippen LogP contribution in [-0.4, -0.2) is 35.7 Å². The highest BCUT2D eigenvalue weighted by atomic mass is 32.2. The van der Waals surface area contributed by atoms with Crippen molar-refractivity contribution >= 4 is 28.7 Å². The third-order valence-corrected chi connectivity index (χ3v) is 4.53. The summed E-state index contributed by atoms with van der Waals surface area (Å²) in [6.07, 6.45) is 0.802. The molecule has 0 radical (unpaired) electrons. The number of hydrogen-bond acceptors (Lipinski definition) is 8. The SMILES string of the molecule is O=C(CSC1=NC2N=NC=C2C(=O)N1)NCc1ccc2c(c1)OCO2. The minimum absolute atomic E-state index is 0.132. The molecule has 9 nitrogen and oxygen atoms in total. The van der Waals surface area contributed by atoms with Crippen molar-refractivity contribution in [1.82, 2.24) is 10.6 Å². The van der Waals surface area contributed by atoms with Gasteiger partial charge in [-0.15, -0.1) is 0 Å². The number of rotatable bonds is 4. The normalized spacial score (nSPS) is 19.8. The van der Waals surface area contributed by atoms with Crippen LogP contribution in [0.1, 0.15) is 5.56 Å². The second kappa shape index (κ2) is 6.55. The zero-order valence-corrected chi connectivity index (χ0v) is 13.7. The topological polar surface area (TPSA) is 114 Å². The van der Waals surface area contributed by atoms with E-state index in [9.17, 15) is 9.59 Å². The Hall–Kier alpha value is -2.88. The second-order valence-corrected chi connectivity index (χ2v) is 6.29. The van der Waals surface area contributed by atoms with Crippen molar-refractivity contribution < 1.29 is 19.1 Å². The van der Waals surface area contributed by atoms with E-state index in [0.29, 0.717) is 28.8 Å². The van der Waals surface area contributed by atoms with Crippen LogP contribution in [0.3, 0.4) is 0 Å². The van der Waals surface area contributed by atoms with Gasteiger partial charge in [-0.1, -0.05) is 17.8 Å². The number of fused-ring (bicyclic) bond motifs is 2. The van der Waals surface area contributed by atoms with E-state index >= 15 is 0 Å². The maximum atomic E-state index is 12.0. The summed E-state index contributed by atoms with van der Waals surface area (Å²) < 4.78 is 10.5. The number of benzene rings is 1. The number of ether oxygens (including phenoxy) is 2. The number of nitrogens with one attached hydrogen (secondary N) is 2. The molecule has 0 bridgehead atoms. The molecule has 1 atom stereocenters. The molecule has 0 aromatic heterocycles. The Balaban J connectivity index is 1.28. The number of azo groups is 1. The van der Waals surface area contributed by atoms with Gasteiger partial charge >= 0.3 is 0 Å². The predicted octanol–water partition coefficient (Wildman–Crippen LogP) is 0.926. The van der Waals surface area contributed by atoms with Gasteiger partial charge in [-0.2, -0.15) is 10.2 Å². The number of thioether (sulfide) groups is 1. The molecule has 10 heteroatoms. The van der Waals surface area contributed by atoms with Crippen LogP contribution in [0.25, 0.3) is 0 Å². The molecule has 3 heterocycles. The highest BCUT2D eigenvalue weighted by Crippen LogP contribution is 2.32. The van der Waals surface area contributed by atoms with E-state index in [1.165, 1.54) is 6.20 Å². The molecule has 0 spiro atoms. The molecule has 1 aromatic carbocycles. The number of aliphatic imine (C=N–C) groups is 1. The summed E-state index contributed by atoms with van der Waals surface area (Å²) >= 11 is 1.15. The molecule has 0 saturated heterocycles. The number of carbonyl (C=O) groups excluding carboxylic acids is 2. The molecule has 2 N–H and O–H groups in total. The van der Waals surface area contributed by atoms with Crippen molar-refractivity contribution in [2.45, 2.75) is 12.7 Å². The minimum atomic E-state index is -0.590. The van der Waals surface area contributed by atoms with Crippen molar-refractivity contribution in [2.75, 3.05) is 12.5 Å². The molecule has 0 fully saturated rings. The molecule has 128 valence electrons. The number of carbonyl (C=O) groups is 2. The number of nitrogens with zero attached hydrogens (tertiary/aromatic N) is 3. The fraction of sp³-hybridized carbons (Fsp3) is 0.267. The van der Waals surface area contributed by atoms with Gasteiger partial charge in [0.15, 0.2) is 22.8 Å². The summed E-state index contributed by atoms with van der Waals surface area (Å²) in [6, 6.07) is 5.51. The predicted molar refractivity (Wildman–Crippen MR) is 89.2 cm³/mol. The van der Waals surface area contributed by atoms with Crippen LogP contribution in [0.4, 0.5) is 0 Å². The minimum Gasteiger partial charge on any atom is -0.454 e. The van der Waals surface area contributed by atoms with Crippen molar-refractivity contribution in [3.63, 3.8) is 0 Å². The van der Waals surface area contributed by atoms with Crippen molar-refractivity contribution in [3.05, 3.63) is 35.5 Å². The van der Waals surface area contributed by atoms with Gasteiger partial charge in [0, 0.05) is 6.54 Å². The largest absolute Gasteiger partial charge is 0.454 e. The first-order valence-corrected chi connectivity index (χ1v) is 8.45. The van der Waals surface area contributed by atoms with Gasteiger partial charge in [0.05, 0.1) is 17.5 Å². The van der Waals surface area contributed by atoms with E-state index in [4.69, 9.17) is 9.47 Å². The number of amides is 2. The zero-order chi connectivity index (χ0) is 17.2. The number of amidine groups is 1. The maximum Gasteiger partial charge on any atom is 0.258 e. The van der Waals surface area contributed by atoms with Gasteiger partial charge in [0.1, 0.15) is 0 Å². The van der Waals surface area contributed by atoms with Gasteiger partial charge in [0.25, 0.3) is 5.91 Å². The number of hydrogen-bond donors (Lipinski definition) is 2. The van der Waals surface area contributed by atoms with E-state index in [-0.39, 0.29) is 24.4 Å². The first kappa shape index (κ1) is 15.6. The fourth-order valence-electron chi connectivity index (χ4n) is 2.38. The highest BCUT2D eigenvalue weighted by Gasteiger charge is 2.29. The van der Waals surface area contributed by atoms with E-state index in [1.54, 1.807) is 0 Å². The summed E-state index contributed by atoms with van der Waals surface area (Å²) in [5.41, 5.74) is 1.32. The van der Waals surface area contributed by atoms with E-state index < -0.39 is 6.17 Å². The Bertz CT molecular complexity index is 835. The third kappa shape index (κ3) is 3.33. The van der Waals surface area contributed by atoms with Crippen LogP contribution in [0.5, 0.6) is 11.5 Å². The molecule has 1 aromatic rings. The Morgan fingerprint density at radius 2 is 2.24 bits per heavy atom. The van der Waals surface area contributed by atoms with E-state index in [2.05, 4.69) is 25.9 Å². The summed E-state index contributed by atoms with van der Waals surface area (Å²) in [5.74, 6) is 1.05. The Kier molecular flexibility index (Phi) is 4.10. The lowest BCUT2D eigenvalue weighted by Gasteiger charge is -2.16. The van der Waals surface area contributed by atoms with Gasteiger partial charge in [-0.05, 0) is 17.7 Å². The monoisotopic (exact) mass is 359 g/mol. The Morgan fingerprint density at radius 1 is 1.36 bits per heavy atom. The second-order valence-electron chi connectivity index (χ2n) is 5.33. The van der Waals surface area contributed by atoms with Crippen molar-refractivity contribution in [1.29, 1.82) is 0 Å². The van der Waals surface area contributed by atoms with Gasteiger partial charge in [-0.25, -0.2) is 4.99 Å². The molecule has 2 amide bonds. The van der Waals surface area contributed by atoms with Crippen LogP contribution < -0.4 is 20.1 Å². The van der Waals surface area contributed by atoms with Crippen LogP contribution in [-0.2, 0) is 16.1 Å². The summed E-state index contributed by atoms with van der Waals surface area (Å²) in [4.78, 5) is 28.0. The van der Waals surface area contributed by atoms with Crippen molar-refractivity contribution in [3.8, 4) is 11.5 Å². The third-order valence-electron chi connectivity index (χ3n) is 3.64. The molecule has 3 aliphatic rings. The lowest BCUT2D eigenvalue weighted by atomic mass is 10.2. The zero-order valence-electron chi connectivity index (χ0n) is 12.9. The van der Waals surface area contributed by atoms with E-state index in [0.717, 1.165) is 17.3 Å². The van der Waals surface area contributed by atoms with Gasteiger partial charge < -0.3 is 20.1 Å². The quantitative estimate of drug-likeness (QED) is 0.830. The molecular formula is C15H13N5O4S. The molecular weight excluding hydrogens is 346 g/mol. The van der Waals surface area contributed by atoms with Crippen LogP contribution in [0.15, 0.2) is 45.2 Å². The lowest BCUT2D eigenvalue weighted by Crippen LogP contribution is -2.38. The van der Waals surface area contributed by atoms with Crippen LogP contribution in [0, 0.1) is 0 Å². The summed E-state index contributed by atoms with van der Waals surface area (Å²) in [5, 5.41) is 13.3. The van der Waals surface area contributed by atoms with Gasteiger partial charge in [-0.3, -0.25) is 9.59 Å². The summed E-state index contributed by atoms with van der Waals surface area (Å²) in [7, 11) is 0. The fourth-order valence-corrected chi connectivity index (χ4v) is 3.09. The molecule has 0 saturated carbocycles. The smallest absolute Gasteiger partial charge is 0.258 e. The average molecular weight is 359 g/mol. The maximum absolute atomic E-state index is 12.0. The molecule has 3 aliphatic heterocycles. The summed E-state index contributed by atoms with van der Waals surface area (Å²) in [6.45, 7) is 0.589.